The third-order valence-corrected chi connectivity index (χ3v) is 4.79. The van der Waals surface area contributed by atoms with Crippen LogP contribution >= 0.6 is 11.8 Å². The highest BCUT2D eigenvalue weighted by Gasteiger charge is 2.26. The molecule has 0 radical (unpaired) electrons. The maximum atomic E-state index is 12.7. The van der Waals surface area contributed by atoms with E-state index in [1.54, 1.807) is 17.0 Å². The van der Waals surface area contributed by atoms with E-state index < -0.39 is 5.97 Å². The van der Waals surface area contributed by atoms with Crippen LogP contribution in [-0.4, -0.2) is 23.4 Å². The van der Waals surface area contributed by atoms with Gasteiger partial charge in [0.05, 0.1) is 6.61 Å². The summed E-state index contributed by atoms with van der Waals surface area (Å²) in [5, 5.41) is 3.46. The van der Waals surface area contributed by atoms with Crippen LogP contribution in [-0.2, 0) is 20.7 Å². The zero-order valence-electron chi connectivity index (χ0n) is 14.2. The van der Waals surface area contributed by atoms with E-state index in [9.17, 15) is 9.59 Å². The molecule has 130 valence electrons. The number of hydrogen-bond acceptors (Lipinski definition) is 4. The van der Waals surface area contributed by atoms with Gasteiger partial charge in [-0.2, -0.15) is 0 Å². The Labute approximate surface area is 152 Å². The number of thioether (sulfide) groups is 1. The average Bonchev–Trinajstić information content (AvgIpc) is 3.04. The van der Waals surface area contributed by atoms with Gasteiger partial charge in [-0.3, -0.25) is 9.69 Å². The molecule has 1 amide bonds. The molecule has 1 aromatic carbocycles. The predicted molar refractivity (Wildman–Crippen MR) is 100 cm³/mol. The Morgan fingerprint density at radius 2 is 2.12 bits per heavy atom. The lowest BCUT2D eigenvalue weighted by atomic mass is 10.1. The van der Waals surface area contributed by atoms with Crippen molar-refractivity contribution in [2.45, 2.75) is 32.6 Å². The molecule has 0 spiro atoms. The van der Waals surface area contributed by atoms with Crippen LogP contribution in [0.4, 0.5) is 0 Å². The van der Waals surface area contributed by atoms with Gasteiger partial charge in [-0.15, -0.1) is 11.8 Å². The van der Waals surface area contributed by atoms with Crippen molar-refractivity contribution in [2.75, 3.05) is 6.61 Å². The number of benzene rings is 1. The zero-order valence-corrected chi connectivity index (χ0v) is 15.1. The molecule has 5 heteroatoms. The second kappa shape index (κ2) is 8.21. The molecule has 0 aromatic heterocycles. The largest absolute Gasteiger partial charge is 0.461 e. The van der Waals surface area contributed by atoms with E-state index >= 15 is 0 Å². The van der Waals surface area contributed by atoms with Crippen molar-refractivity contribution in [2.24, 2.45) is 0 Å². The Balaban J connectivity index is 1.64. The standard InChI is InChI=1S/C20H21NO3S/c1-2-3-9-24-20(23)18-14-25-10-8-21(18)19(22)13-15-11-16-6-4-5-7-17(16)12-15/h4-8,10-11,14H,2-3,9,12-13H2,1H3. The molecule has 1 heterocycles. The van der Waals surface area contributed by atoms with Gasteiger partial charge in [-0.05, 0) is 29.4 Å². The molecule has 3 rings (SSSR count). The van der Waals surface area contributed by atoms with Gasteiger partial charge in [0.15, 0.2) is 0 Å². The molecule has 0 N–H and O–H groups in total. The van der Waals surface area contributed by atoms with Gasteiger partial charge in [0.25, 0.3) is 0 Å². The van der Waals surface area contributed by atoms with Gasteiger partial charge >= 0.3 is 5.97 Å². The Morgan fingerprint density at radius 3 is 2.92 bits per heavy atom. The summed E-state index contributed by atoms with van der Waals surface area (Å²) in [4.78, 5) is 26.4. The normalized spacial score (nSPS) is 15.5. The summed E-state index contributed by atoms with van der Waals surface area (Å²) in [6.07, 6.45) is 6.57. The van der Waals surface area contributed by atoms with Crippen LogP contribution in [0.25, 0.3) is 6.08 Å². The molecule has 0 fully saturated rings. The zero-order chi connectivity index (χ0) is 17.6. The van der Waals surface area contributed by atoms with Crippen LogP contribution in [0.15, 0.2) is 52.6 Å². The number of fused-ring (bicyclic) bond motifs is 1. The van der Waals surface area contributed by atoms with E-state index in [0.717, 1.165) is 24.8 Å². The highest BCUT2D eigenvalue weighted by molar-refractivity contribution is 8.05. The molecular formula is C20H21NO3S. The van der Waals surface area contributed by atoms with Crippen molar-refractivity contribution in [1.82, 2.24) is 4.90 Å². The lowest BCUT2D eigenvalue weighted by molar-refractivity contribution is -0.143. The molecule has 0 saturated heterocycles. The molecule has 0 bridgehead atoms. The highest BCUT2D eigenvalue weighted by atomic mass is 32.2. The van der Waals surface area contributed by atoms with E-state index in [1.807, 2.05) is 19.1 Å². The summed E-state index contributed by atoms with van der Waals surface area (Å²) < 4.78 is 5.26. The Kier molecular flexibility index (Phi) is 5.76. The summed E-state index contributed by atoms with van der Waals surface area (Å²) >= 11 is 1.37. The Bertz CT molecular complexity index is 764. The molecule has 1 aliphatic heterocycles. The molecule has 0 atom stereocenters. The molecule has 25 heavy (non-hydrogen) atoms. The van der Waals surface area contributed by atoms with E-state index in [1.165, 1.54) is 27.8 Å². The first-order valence-corrected chi connectivity index (χ1v) is 9.42. The number of rotatable bonds is 6. The van der Waals surface area contributed by atoms with E-state index in [4.69, 9.17) is 4.74 Å². The number of carbonyl (C=O) groups excluding carboxylic acids is 2. The van der Waals surface area contributed by atoms with Crippen molar-refractivity contribution in [3.05, 3.63) is 63.7 Å². The van der Waals surface area contributed by atoms with Crippen LogP contribution in [0.3, 0.4) is 0 Å². The van der Waals surface area contributed by atoms with Crippen LogP contribution in [0, 0.1) is 0 Å². The first kappa shape index (κ1) is 17.5. The van der Waals surface area contributed by atoms with Crippen LogP contribution in [0.1, 0.15) is 37.3 Å². The van der Waals surface area contributed by atoms with Crippen molar-refractivity contribution >= 4 is 29.7 Å². The second-order valence-electron chi connectivity index (χ2n) is 6.03. The van der Waals surface area contributed by atoms with Crippen LogP contribution in [0.2, 0.25) is 0 Å². The Hall–Kier alpha value is -2.27. The summed E-state index contributed by atoms with van der Waals surface area (Å²) in [6, 6.07) is 8.14. The number of unbranched alkanes of at least 4 members (excludes halogenated alkanes) is 1. The number of carbonyl (C=O) groups is 2. The monoisotopic (exact) mass is 355 g/mol. The maximum Gasteiger partial charge on any atom is 0.355 e. The summed E-state index contributed by atoms with van der Waals surface area (Å²) in [7, 11) is 0. The van der Waals surface area contributed by atoms with E-state index in [2.05, 4.69) is 18.2 Å². The van der Waals surface area contributed by atoms with Gasteiger partial charge in [0, 0.05) is 18.0 Å². The molecule has 4 nitrogen and oxygen atoms in total. The SMILES string of the molecule is CCCCOC(=O)C1=CSC=CN1C(=O)CC1=Cc2ccccc2C1. The van der Waals surface area contributed by atoms with Gasteiger partial charge in [-0.1, -0.05) is 49.3 Å². The first-order chi connectivity index (χ1) is 12.2. The quantitative estimate of drug-likeness (QED) is 0.565. The van der Waals surface area contributed by atoms with Crippen molar-refractivity contribution in [3.8, 4) is 0 Å². The predicted octanol–water partition coefficient (Wildman–Crippen LogP) is 4.25. The van der Waals surface area contributed by atoms with E-state index in [-0.39, 0.29) is 5.91 Å². The molecule has 0 unspecified atom stereocenters. The fourth-order valence-corrected chi connectivity index (χ4v) is 3.44. The molecule has 1 aromatic rings. The number of amides is 1. The van der Waals surface area contributed by atoms with Crippen molar-refractivity contribution < 1.29 is 14.3 Å². The summed E-state index contributed by atoms with van der Waals surface area (Å²) in [6.45, 7) is 2.42. The smallest absolute Gasteiger partial charge is 0.355 e. The molecule has 0 saturated carbocycles. The van der Waals surface area contributed by atoms with Gasteiger partial charge in [0.2, 0.25) is 5.91 Å². The third kappa shape index (κ3) is 4.23. The van der Waals surface area contributed by atoms with Gasteiger partial charge in [0.1, 0.15) is 5.70 Å². The maximum absolute atomic E-state index is 12.7. The summed E-state index contributed by atoms with van der Waals surface area (Å²) in [5.74, 6) is -0.559. The minimum atomic E-state index is -0.442. The topological polar surface area (TPSA) is 46.6 Å². The Morgan fingerprint density at radius 1 is 1.28 bits per heavy atom. The first-order valence-electron chi connectivity index (χ1n) is 8.48. The van der Waals surface area contributed by atoms with Crippen LogP contribution < -0.4 is 0 Å². The minimum absolute atomic E-state index is 0.116. The highest BCUT2D eigenvalue weighted by Crippen LogP contribution is 2.29. The summed E-state index contributed by atoms with van der Waals surface area (Å²) in [5.41, 5.74) is 3.77. The molecular weight excluding hydrogens is 334 g/mol. The van der Waals surface area contributed by atoms with Crippen molar-refractivity contribution in [1.29, 1.82) is 0 Å². The van der Waals surface area contributed by atoms with Crippen LogP contribution in [0.5, 0.6) is 0 Å². The van der Waals surface area contributed by atoms with E-state index in [0.29, 0.717) is 18.7 Å². The second-order valence-corrected chi connectivity index (χ2v) is 6.81. The van der Waals surface area contributed by atoms with Gasteiger partial charge < -0.3 is 4.74 Å². The number of nitrogens with zero attached hydrogens (tertiary/aromatic N) is 1. The third-order valence-electron chi connectivity index (χ3n) is 4.15. The number of esters is 1. The molecule has 2 aliphatic rings. The average molecular weight is 355 g/mol. The molecule has 1 aliphatic carbocycles. The fourth-order valence-electron chi connectivity index (χ4n) is 2.83. The lowest BCUT2D eigenvalue weighted by Crippen LogP contribution is -2.31. The minimum Gasteiger partial charge on any atom is -0.461 e. The number of hydrogen-bond donors (Lipinski definition) is 0. The van der Waals surface area contributed by atoms with Gasteiger partial charge in [-0.25, -0.2) is 4.79 Å². The number of ether oxygens (including phenoxy) is 1. The fraction of sp³-hybridized carbons (Fsp3) is 0.300. The van der Waals surface area contributed by atoms with Crippen molar-refractivity contribution in [3.63, 3.8) is 0 Å². The lowest BCUT2D eigenvalue weighted by Gasteiger charge is -2.23.